The number of aryl methyl sites for hydroxylation is 1. The molecule has 0 spiro atoms. The first-order valence-corrected chi connectivity index (χ1v) is 7.51. The van der Waals surface area contributed by atoms with Gasteiger partial charge in [0.2, 0.25) is 6.79 Å². The average Bonchev–Trinajstić information content (AvgIpc) is 2.87. The molecule has 0 atom stereocenters. The molecule has 1 aliphatic heterocycles. The Morgan fingerprint density at radius 1 is 1.41 bits per heavy atom. The first kappa shape index (κ1) is 11.0. The van der Waals surface area contributed by atoms with E-state index in [0.717, 1.165) is 39.1 Å². The van der Waals surface area contributed by atoms with Crippen molar-refractivity contribution in [2.24, 2.45) is 0 Å². The molecule has 6 heteroatoms. The largest absolute Gasteiger partial charge is 0.454 e. The molecule has 3 rings (SSSR count). The van der Waals surface area contributed by atoms with Crippen LogP contribution in [0.1, 0.15) is 0 Å². The molecular formula is C11H13N2O2S2+. The van der Waals surface area contributed by atoms with E-state index in [1.54, 1.807) is 11.3 Å². The third-order valence-corrected chi connectivity index (χ3v) is 4.31. The van der Waals surface area contributed by atoms with Crippen LogP contribution < -0.4 is 19.8 Å². The van der Waals surface area contributed by atoms with Crippen molar-refractivity contribution in [2.75, 3.05) is 24.5 Å². The smallest absolute Gasteiger partial charge is 0.332 e. The molecule has 2 aromatic rings. The Labute approximate surface area is 107 Å². The minimum Gasteiger partial charge on any atom is -0.454 e. The summed E-state index contributed by atoms with van der Waals surface area (Å²) in [5, 5.41) is 0.831. The topological polar surface area (TPSA) is 48.4 Å². The first-order chi connectivity index (χ1) is 8.29. The predicted molar refractivity (Wildman–Crippen MR) is 70.9 cm³/mol. The van der Waals surface area contributed by atoms with E-state index in [2.05, 4.69) is 10.8 Å². The Hall–Kier alpha value is -1.14. The Kier molecular flexibility index (Phi) is 2.76. The lowest BCUT2D eigenvalue weighted by Crippen LogP contribution is -2.36. The van der Waals surface area contributed by atoms with Crippen molar-refractivity contribution >= 4 is 38.4 Å². The van der Waals surface area contributed by atoms with Crippen molar-refractivity contribution in [1.29, 1.82) is 0 Å². The third kappa shape index (κ3) is 1.81. The Bertz CT molecular complexity index is 568. The molecule has 0 unspecified atom stereocenters. The van der Waals surface area contributed by atoms with E-state index in [1.165, 1.54) is 0 Å². The lowest BCUT2D eigenvalue weighted by molar-refractivity contribution is -0.648. The standard InChI is InChI=1S/C11H12N2O2S2/c1-16-3-2-13-7-4-8-9(15-6-14-8)5-10(7)17-11(13)12/h4-5,12H,2-3,6H2,1H3/p+1. The van der Waals surface area contributed by atoms with Gasteiger partial charge in [0.1, 0.15) is 12.1 Å². The summed E-state index contributed by atoms with van der Waals surface area (Å²) in [6, 6.07) is 4.03. The number of aromatic nitrogens is 1. The maximum absolute atomic E-state index is 6.04. The van der Waals surface area contributed by atoms with Gasteiger partial charge in [-0.25, -0.2) is 4.57 Å². The highest BCUT2D eigenvalue weighted by atomic mass is 32.2. The molecule has 0 bridgehead atoms. The Morgan fingerprint density at radius 3 is 2.94 bits per heavy atom. The van der Waals surface area contributed by atoms with Gasteiger partial charge in [-0.2, -0.15) is 11.8 Å². The summed E-state index contributed by atoms with van der Waals surface area (Å²) in [6.45, 7) is 1.24. The quantitative estimate of drug-likeness (QED) is 0.864. The third-order valence-electron chi connectivity index (χ3n) is 2.74. The van der Waals surface area contributed by atoms with Crippen molar-refractivity contribution < 1.29 is 14.0 Å². The van der Waals surface area contributed by atoms with Crippen molar-refractivity contribution in [3.63, 3.8) is 0 Å². The van der Waals surface area contributed by atoms with Gasteiger partial charge >= 0.3 is 5.13 Å². The second-order valence-electron chi connectivity index (χ2n) is 3.76. The maximum atomic E-state index is 6.04. The van der Waals surface area contributed by atoms with Gasteiger partial charge in [0.25, 0.3) is 0 Å². The molecule has 0 fully saturated rings. The van der Waals surface area contributed by atoms with Crippen LogP contribution in [0.3, 0.4) is 0 Å². The fourth-order valence-corrected chi connectivity index (χ4v) is 3.23. The molecule has 1 aliphatic rings. The molecule has 2 heterocycles. The van der Waals surface area contributed by atoms with Gasteiger partial charge in [0.15, 0.2) is 11.5 Å². The molecule has 90 valence electrons. The van der Waals surface area contributed by atoms with E-state index in [0.29, 0.717) is 6.79 Å². The van der Waals surface area contributed by atoms with Crippen LogP contribution in [0.25, 0.3) is 10.2 Å². The lowest BCUT2D eigenvalue weighted by Gasteiger charge is -1.99. The Balaban J connectivity index is 2.11. The van der Waals surface area contributed by atoms with Gasteiger partial charge in [0, 0.05) is 17.9 Å². The van der Waals surface area contributed by atoms with Crippen molar-refractivity contribution in [1.82, 2.24) is 0 Å². The van der Waals surface area contributed by atoms with Gasteiger partial charge < -0.3 is 9.47 Å². The number of fused-ring (bicyclic) bond motifs is 2. The molecule has 1 aromatic carbocycles. The molecule has 0 amide bonds. The number of thiazole rings is 1. The summed E-state index contributed by atoms with van der Waals surface area (Å²) in [5.41, 5.74) is 7.17. The summed E-state index contributed by atoms with van der Waals surface area (Å²) in [7, 11) is 0. The number of hydrogen-bond donors (Lipinski definition) is 1. The number of rotatable bonds is 3. The number of nitrogens with two attached hydrogens (primary N) is 1. The highest BCUT2D eigenvalue weighted by Gasteiger charge is 2.21. The van der Waals surface area contributed by atoms with E-state index < -0.39 is 0 Å². The SMILES string of the molecule is CSCC[n+]1c(N)sc2cc3c(cc21)OCO3. The molecule has 17 heavy (non-hydrogen) atoms. The van der Waals surface area contributed by atoms with E-state index in [4.69, 9.17) is 15.2 Å². The number of thioether (sulfide) groups is 1. The van der Waals surface area contributed by atoms with Gasteiger partial charge in [-0.3, -0.25) is 5.73 Å². The first-order valence-electron chi connectivity index (χ1n) is 5.30. The maximum Gasteiger partial charge on any atom is 0.332 e. The van der Waals surface area contributed by atoms with Gasteiger partial charge in [-0.15, -0.1) is 0 Å². The summed E-state index contributed by atoms with van der Waals surface area (Å²) in [4.78, 5) is 0. The molecule has 1 aromatic heterocycles. The predicted octanol–water partition coefficient (Wildman–Crippen LogP) is 1.86. The molecule has 0 saturated heterocycles. The summed E-state index contributed by atoms with van der Waals surface area (Å²) >= 11 is 3.41. The number of nitrogens with zero attached hydrogens (tertiary/aromatic N) is 1. The fourth-order valence-electron chi connectivity index (χ4n) is 1.90. The summed E-state index contributed by atoms with van der Waals surface area (Å²) < 4.78 is 14.0. The fraction of sp³-hybridized carbons (Fsp3) is 0.364. The minimum absolute atomic E-state index is 0.312. The number of anilines is 1. The number of ether oxygens (including phenoxy) is 2. The second kappa shape index (κ2) is 4.27. The molecule has 4 nitrogen and oxygen atoms in total. The van der Waals surface area contributed by atoms with Crippen molar-refractivity contribution in [2.45, 2.75) is 6.54 Å². The molecule has 0 aliphatic carbocycles. The average molecular weight is 269 g/mol. The Morgan fingerprint density at radius 2 is 2.18 bits per heavy atom. The van der Waals surface area contributed by atoms with Crippen LogP contribution in [0.4, 0.5) is 5.13 Å². The van der Waals surface area contributed by atoms with Crippen LogP contribution in [-0.2, 0) is 6.54 Å². The van der Waals surface area contributed by atoms with Gasteiger partial charge in [-0.1, -0.05) is 0 Å². The van der Waals surface area contributed by atoms with E-state index in [-0.39, 0.29) is 0 Å². The van der Waals surface area contributed by atoms with Crippen LogP contribution in [0.15, 0.2) is 12.1 Å². The van der Waals surface area contributed by atoms with Crippen molar-refractivity contribution in [3.05, 3.63) is 12.1 Å². The van der Waals surface area contributed by atoms with Crippen molar-refractivity contribution in [3.8, 4) is 11.5 Å². The molecule has 0 radical (unpaired) electrons. The summed E-state index contributed by atoms with van der Waals surface area (Å²) in [6.07, 6.45) is 2.10. The van der Waals surface area contributed by atoms with E-state index >= 15 is 0 Å². The van der Waals surface area contributed by atoms with Crippen LogP contribution >= 0.6 is 23.1 Å². The minimum atomic E-state index is 0.312. The van der Waals surface area contributed by atoms with Crippen LogP contribution in [0, 0.1) is 0 Å². The van der Waals surface area contributed by atoms with E-state index in [1.807, 2.05) is 23.9 Å². The number of hydrogen-bond acceptors (Lipinski definition) is 5. The zero-order chi connectivity index (χ0) is 11.8. The molecule has 0 saturated carbocycles. The zero-order valence-corrected chi connectivity index (χ0v) is 11.1. The highest BCUT2D eigenvalue weighted by molar-refractivity contribution is 7.98. The van der Waals surface area contributed by atoms with Crippen LogP contribution in [0.2, 0.25) is 0 Å². The lowest BCUT2D eigenvalue weighted by atomic mass is 10.3. The zero-order valence-electron chi connectivity index (χ0n) is 9.43. The van der Waals surface area contributed by atoms with Crippen LogP contribution in [-0.4, -0.2) is 18.8 Å². The number of nitrogen functional groups attached to an aromatic ring is 1. The normalized spacial score (nSPS) is 13.5. The number of benzene rings is 1. The highest BCUT2D eigenvalue weighted by Crippen LogP contribution is 2.37. The van der Waals surface area contributed by atoms with Crippen LogP contribution in [0.5, 0.6) is 11.5 Å². The molecular weight excluding hydrogens is 256 g/mol. The summed E-state index contributed by atoms with van der Waals surface area (Å²) in [5.74, 6) is 2.68. The van der Waals surface area contributed by atoms with E-state index in [9.17, 15) is 0 Å². The second-order valence-corrected chi connectivity index (χ2v) is 5.81. The van der Waals surface area contributed by atoms with Gasteiger partial charge in [0.05, 0.1) is 4.70 Å². The monoisotopic (exact) mass is 269 g/mol. The molecule has 2 N–H and O–H groups in total. The van der Waals surface area contributed by atoms with Gasteiger partial charge in [-0.05, 0) is 17.6 Å².